The Morgan fingerprint density at radius 3 is 2.41 bits per heavy atom. The molecular formula is C25H26N2O4S. The van der Waals surface area contributed by atoms with E-state index in [1.807, 2.05) is 38.1 Å². The van der Waals surface area contributed by atoms with Gasteiger partial charge < -0.3 is 10.1 Å². The van der Waals surface area contributed by atoms with Crippen LogP contribution in [0.4, 0.5) is 5.69 Å². The Morgan fingerprint density at radius 1 is 1.06 bits per heavy atom. The summed E-state index contributed by atoms with van der Waals surface area (Å²) in [5.41, 5.74) is 2.95. The molecule has 0 aromatic heterocycles. The van der Waals surface area contributed by atoms with Crippen molar-refractivity contribution in [2.75, 3.05) is 11.4 Å². The van der Waals surface area contributed by atoms with Gasteiger partial charge in [-0.3, -0.25) is 9.10 Å². The number of anilines is 1. The quantitative estimate of drug-likeness (QED) is 0.607. The molecule has 1 aliphatic rings. The first-order valence-corrected chi connectivity index (χ1v) is 11.9. The number of nitrogens with zero attached hydrogens (tertiary/aromatic N) is 1. The fourth-order valence-corrected chi connectivity index (χ4v) is 5.79. The van der Waals surface area contributed by atoms with Gasteiger partial charge in [0.25, 0.3) is 15.9 Å². The number of benzene rings is 3. The Kier molecular flexibility index (Phi) is 5.93. The summed E-state index contributed by atoms with van der Waals surface area (Å²) < 4.78 is 33.1. The Hall–Kier alpha value is -3.32. The van der Waals surface area contributed by atoms with Gasteiger partial charge >= 0.3 is 0 Å². The first kappa shape index (κ1) is 21.9. The van der Waals surface area contributed by atoms with Crippen LogP contribution in [0.5, 0.6) is 5.75 Å². The molecule has 0 saturated carbocycles. The first-order chi connectivity index (χ1) is 15.3. The minimum absolute atomic E-state index is 0.185. The van der Waals surface area contributed by atoms with E-state index in [1.54, 1.807) is 55.6 Å². The monoisotopic (exact) mass is 450 g/mol. The Bertz CT molecular complexity index is 1220. The highest BCUT2D eigenvalue weighted by molar-refractivity contribution is 7.92. The number of fused-ring (bicyclic) bond motifs is 1. The zero-order valence-electron chi connectivity index (χ0n) is 18.3. The standard InChI is InChI=1S/C25H26N2O4S/c1-17-15-21-16-20(25(28)26-18(2)19-9-12-22(31-3)13-10-19)11-14-24(21)27(17)32(29,30)23-7-5-4-6-8-23/h4-14,16-18H,15H2,1-3H3,(H,26,28)/t17-,18-/m1/s1. The van der Waals surface area contributed by atoms with Crippen molar-refractivity contribution >= 4 is 21.6 Å². The summed E-state index contributed by atoms with van der Waals surface area (Å²) in [5.74, 6) is 0.558. The SMILES string of the molecule is COc1ccc([C@@H](C)NC(=O)c2ccc3c(c2)C[C@@H](C)N3S(=O)(=O)c2ccccc2)cc1. The van der Waals surface area contributed by atoms with Crippen LogP contribution >= 0.6 is 0 Å². The number of methoxy groups -OCH3 is 1. The number of amides is 1. The molecule has 32 heavy (non-hydrogen) atoms. The third-order valence-electron chi connectivity index (χ3n) is 5.76. The molecule has 3 aromatic rings. The molecular weight excluding hydrogens is 424 g/mol. The predicted molar refractivity (Wildman–Crippen MR) is 125 cm³/mol. The lowest BCUT2D eigenvalue weighted by Gasteiger charge is -2.24. The van der Waals surface area contributed by atoms with E-state index in [4.69, 9.17) is 4.74 Å². The van der Waals surface area contributed by atoms with Crippen LogP contribution in [0.1, 0.15) is 41.4 Å². The molecule has 0 aliphatic carbocycles. The molecule has 1 heterocycles. The molecule has 1 amide bonds. The predicted octanol–water partition coefficient (Wildman–Crippen LogP) is 4.33. The fourth-order valence-electron chi connectivity index (χ4n) is 4.07. The molecule has 6 nitrogen and oxygen atoms in total. The summed E-state index contributed by atoms with van der Waals surface area (Å²) in [6, 6.07) is 20.8. The van der Waals surface area contributed by atoms with Crippen molar-refractivity contribution in [2.45, 2.75) is 37.2 Å². The van der Waals surface area contributed by atoms with Crippen molar-refractivity contribution in [1.82, 2.24) is 5.32 Å². The number of hydrogen-bond acceptors (Lipinski definition) is 4. The summed E-state index contributed by atoms with van der Waals surface area (Å²) >= 11 is 0. The maximum Gasteiger partial charge on any atom is 0.264 e. The van der Waals surface area contributed by atoms with Gasteiger partial charge in [0.2, 0.25) is 0 Å². The highest BCUT2D eigenvalue weighted by Crippen LogP contribution is 2.37. The van der Waals surface area contributed by atoms with Crippen molar-refractivity contribution in [1.29, 1.82) is 0 Å². The van der Waals surface area contributed by atoms with Crippen LogP contribution in [0.15, 0.2) is 77.7 Å². The largest absolute Gasteiger partial charge is 0.497 e. The van der Waals surface area contributed by atoms with Crippen LogP contribution in [0.3, 0.4) is 0 Å². The Balaban J connectivity index is 1.55. The van der Waals surface area contributed by atoms with Crippen LogP contribution in [-0.4, -0.2) is 27.5 Å². The summed E-state index contributed by atoms with van der Waals surface area (Å²) in [6.45, 7) is 3.80. The number of ether oxygens (including phenoxy) is 1. The molecule has 2 atom stereocenters. The Morgan fingerprint density at radius 2 is 1.75 bits per heavy atom. The number of hydrogen-bond donors (Lipinski definition) is 1. The minimum Gasteiger partial charge on any atom is -0.497 e. The van der Waals surface area contributed by atoms with Crippen LogP contribution in [-0.2, 0) is 16.4 Å². The van der Waals surface area contributed by atoms with Crippen LogP contribution in [0, 0.1) is 0 Å². The number of sulfonamides is 1. The lowest BCUT2D eigenvalue weighted by Crippen LogP contribution is -2.35. The van der Waals surface area contributed by atoms with E-state index in [2.05, 4.69) is 5.32 Å². The van der Waals surface area contributed by atoms with Gasteiger partial charge in [0.15, 0.2) is 0 Å². The molecule has 7 heteroatoms. The van der Waals surface area contributed by atoms with E-state index < -0.39 is 10.0 Å². The molecule has 4 rings (SSSR count). The van der Waals surface area contributed by atoms with Gasteiger partial charge in [-0.25, -0.2) is 8.42 Å². The maximum atomic E-state index is 13.2. The zero-order valence-corrected chi connectivity index (χ0v) is 19.1. The molecule has 0 saturated heterocycles. The van der Waals surface area contributed by atoms with Gasteiger partial charge in [-0.05, 0) is 73.9 Å². The van der Waals surface area contributed by atoms with Crippen molar-refractivity contribution in [3.63, 3.8) is 0 Å². The van der Waals surface area contributed by atoms with Gasteiger partial charge in [-0.2, -0.15) is 0 Å². The summed E-state index contributed by atoms with van der Waals surface area (Å²) in [5, 5.41) is 3.01. The van der Waals surface area contributed by atoms with E-state index >= 15 is 0 Å². The summed E-state index contributed by atoms with van der Waals surface area (Å²) in [6.07, 6.45) is 0.552. The van der Waals surface area contributed by atoms with Crippen molar-refractivity contribution < 1.29 is 17.9 Å². The first-order valence-electron chi connectivity index (χ1n) is 10.5. The summed E-state index contributed by atoms with van der Waals surface area (Å²) in [7, 11) is -2.06. The van der Waals surface area contributed by atoms with E-state index in [0.717, 1.165) is 16.9 Å². The second kappa shape index (κ2) is 8.67. The average molecular weight is 451 g/mol. The van der Waals surface area contributed by atoms with E-state index in [-0.39, 0.29) is 22.9 Å². The molecule has 3 aromatic carbocycles. The lowest BCUT2D eigenvalue weighted by molar-refractivity contribution is 0.0940. The van der Waals surface area contributed by atoms with E-state index in [0.29, 0.717) is 17.7 Å². The average Bonchev–Trinajstić information content (AvgIpc) is 3.15. The molecule has 0 spiro atoms. The number of carbonyl (C=O) groups is 1. The summed E-state index contributed by atoms with van der Waals surface area (Å²) in [4.78, 5) is 13.1. The molecule has 166 valence electrons. The van der Waals surface area contributed by atoms with Gasteiger partial charge in [-0.15, -0.1) is 0 Å². The Labute approximate surface area is 188 Å². The van der Waals surface area contributed by atoms with E-state index in [9.17, 15) is 13.2 Å². The van der Waals surface area contributed by atoms with Crippen LogP contribution < -0.4 is 14.4 Å². The fraction of sp³-hybridized carbons (Fsp3) is 0.240. The number of nitrogens with one attached hydrogen (secondary N) is 1. The van der Waals surface area contributed by atoms with Crippen molar-refractivity contribution in [3.05, 3.63) is 89.5 Å². The topological polar surface area (TPSA) is 75.7 Å². The highest BCUT2D eigenvalue weighted by Gasteiger charge is 2.36. The van der Waals surface area contributed by atoms with Gasteiger partial charge in [0, 0.05) is 11.6 Å². The smallest absolute Gasteiger partial charge is 0.264 e. The van der Waals surface area contributed by atoms with Crippen LogP contribution in [0.2, 0.25) is 0 Å². The van der Waals surface area contributed by atoms with Crippen molar-refractivity contribution in [2.24, 2.45) is 0 Å². The van der Waals surface area contributed by atoms with Gasteiger partial charge in [0.05, 0.1) is 23.7 Å². The maximum absolute atomic E-state index is 13.2. The zero-order chi connectivity index (χ0) is 22.9. The van der Waals surface area contributed by atoms with Gasteiger partial charge in [0.1, 0.15) is 5.75 Å². The molecule has 0 unspecified atom stereocenters. The third kappa shape index (κ3) is 4.08. The molecule has 1 N–H and O–H groups in total. The second-order valence-corrected chi connectivity index (χ2v) is 9.79. The minimum atomic E-state index is -3.67. The molecule has 0 bridgehead atoms. The van der Waals surface area contributed by atoms with Gasteiger partial charge in [-0.1, -0.05) is 30.3 Å². The molecule has 1 aliphatic heterocycles. The third-order valence-corrected chi connectivity index (χ3v) is 7.70. The number of carbonyl (C=O) groups excluding carboxylic acids is 1. The lowest BCUT2D eigenvalue weighted by atomic mass is 10.0. The normalized spacial score (nSPS) is 16.3. The number of rotatable bonds is 6. The molecule has 0 radical (unpaired) electrons. The van der Waals surface area contributed by atoms with Crippen LogP contribution in [0.25, 0.3) is 0 Å². The van der Waals surface area contributed by atoms with E-state index in [1.165, 1.54) is 4.31 Å². The second-order valence-electron chi connectivity index (χ2n) is 7.98. The molecule has 0 fully saturated rings. The van der Waals surface area contributed by atoms with Crippen molar-refractivity contribution in [3.8, 4) is 5.75 Å². The highest BCUT2D eigenvalue weighted by atomic mass is 32.2.